The van der Waals surface area contributed by atoms with Crippen LogP contribution >= 0.6 is 0 Å². The zero-order valence-corrected chi connectivity index (χ0v) is 10.6. The third kappa shape index (κ3) is 2.49. The van der Waals surface area contributed by atoms with E-state index in [-0.39, 0.29) is 17.5 Å². The summed E-state index contributed by atoms with van der Waals surface area (Å²) in [6, 6.07) is 0. The molecule has 1 saturated heterocycles. The van der Waals surface area contributed by atoms with Crippen LogP contribution in [0, 0.1) is 5.92 Å². The zero-order valence-electron chi connectivity index (χ0n) is 10.6. The molecular weight excluding hydrogens is 216 g/mol. The van der Waals surface area contributed by atoms with Gasteiger partial charge in [0.15, 0.2) is 0 Å². The number of carbonyl (C=O) groups excluding carboxylic acids is 1. The summed E-state index contributed by atoms with van der Waals surface area (Å²) in [6.45, 7) is 2.08. The van der Waals surface area contributed by atoms with Crippen molar-refractivity contribution in [2.75, 3.05) is 0 Å². The van der Waals surface area contributed by atoms with Crippen molar-refractivity contribution in [3.63, 3.8) is 0 Å². The van der Waals surface area contributed by atoms with Gasteiger partial charge in [-0.25, -0.2) is 0 Å². The van der Waals surface area contributed by atoms with Crippen LogP contribution in [-0.2, 0) is 14.3 Å². The SMILES string of the molecule is CC1(OC(=O)C2CCCCC2)CCC2OC2C1. The molecule has 17 heavy (non-hydrogen) atoms. The molecule has 2 saturated carbocycles. The zero-order chi connectivity index (χ0) is 11.9. The molecule has 3 heteroatoms. The fourth-order valence-corrected chi connectivity index (χ4v) is 3.35. The minimum atomic E-state index is -0.258. The van der Waals surface area contributed by atoms with Crippen LogP contribution in [0.2, 0.25) is 0 Å². The molecule has 1 aliphatic heterocycles. The minimum Gasteiger partial charge on any atom is -0.459 e. The highest BCUT2D eigenvalue weighted by molar-refractivity contribution is 5.73. The summed E-state index contributed by atoms with van der Waals surface area (Å²) in [7, 11) is 0. The van der Waals surface area contributed by atoms with E-state index < -0.39 is 0 Å². The Balaban J connectivity index is 1.55. The molecule has 3 rings (SSSR count). The maximum absolute atomic E-state index is 12.1. The first-order valence-corrected chi connectivity index (χ1v) is 7.05. The van der Waals surface area contributed by atoms with E-state index in [1.165, 1.54) is 19.3 Å². The van der Waals surface area contributed by atoms with E-state index in [0.717, 1.165) is 32.1 Å². The van der Waals surface area contributed by atoms with Gasteiger partial charge >= 0.3 is 5.97 Å². The van der Waals surface area contributed by atoms with Crippen LogP contribution in [0.5, 0.6) is 0 Å². The molecule has 0 N–H and O–H groups in total. The lowest BCUT2D eigenvalue weighted by molar-refractivity contribution is -0.166. The third-order valence-corrected chi connectivity index (χ3v) is 4.56. The molecule has 0 radical (unpaired) electrons. The van der Waals surface area contributed by atoms with E-state index in [1.807, 2.05) is 0 Å². The van der Waals surface area contributed by atoms with Crippen molar-refractivity contribution in [1.82, 2.24) is 0 Å². The van der Waals surface area contributed by atoms with Gasteiger partial charge in [-0.1, -0.05) is 19.3 Å². The van der Waals surface area contributed by atoms with E-state index in [9.17, 15) is 4.79 Å². The first kappa shape index (κ1) is 11.5. The molecule has 3 fully saturated rings. The van der Waals surface area contributed by atoms with Gasteiger partial charge in [-0.15, -0.1) is 0 Å². The Hall–Kier alpha value is -0.570. The Labute approximate surface area is 103 Å². The van der Waals surface area contributed by atoms with Gasteiger partial charge in [0.2, 0.25) is 0 Å². The molecule has 2 aliphatic carbocycles. The van der Waals surface area contributed by atoms with Gasteiger partial charge in [-0.05, 0) is 32.6 Å². The molecule has 0 aromatic heterocycles. The summed E-state index contributed by atoms with van der Waals surface area (Å²) in [4.78, 5) is 12.1. The Bertz CT molecular complexity index is 309. The van der Waals surface area contributed by atoms with E-state index in [4.69, 9.17) is 9.47 Å². The molecule has 3 nitrogen and oxygen atoms in total. The summed E-state index contributed by atoms with van der Waals surface area (Å²) in [5.41, 5.74) is -0.258. The maximum atomic E-state index is 12.1. The lowest BCUT2D eigenvalue weighted by Gasteiger charge is -2.33. The fourth-order valence-electron chi connectivity index (χ4n) is 3.35. The number of hydrogen-bond acceptors (Lipinski definition) is 3. The smallest absolute Gasteiger partial charge is 0.309 e. The highest BCUT2D eigenvalue weighted by atomic mass is 16.6. The maximum Gasteiger partial charge on any atom is 0.309 e. The third-order valence-electron chi connectivity index (χ3n) is 4.56. The highest BCUT2D eigenvalue weighted by Gasteiger charge is 2.50. The van der Waals surface area contributed by atoms with Crippen molar-refractivity contribution in [3.05, 3.63) is 0 Å². The molecule has 0 amide bonds. The Morgan fingerprint density at radius 3 is 2.65 bits per heavy atom. The van der Waals surface area contributed by atoms with Crippen molar-refractivity contribution in [3.8, 4) is 0 Å². The van der Waals surface area contributed by atoms with Gasteiger partial charge in [-0.3, -0.25) is 4.79 Å². The number of hydrogen-bond donors (Lipinski definition) is 0. The van der Waals surface area contributed by atoms with Crippen LogP contribution in [0.25, 0.3) is 0 Å². The molecule has 96 valence electrons. The van der Waals surface area contributed by atoms with Crippen molar-refractivity contribution >= 4 is 5.97 Å². The summed E-state index contributed by atoms with van der Waals surface area (Å²) >= 11 is 0. The van der Waals surface area contributed by atoms with Crippen LogP contribution in [0.4, 0.5) is 0 Å². The Kier molecular flexibility index (Phi) is 2.89. The normalized spacial score (nSPS) is 41.7. The van der Waals surface area contributed by atoms with Gasteiger partial charge in [0.1, 0.15) is 5.60 Å². The van der Waals surface area contributed by atoms with E-state index in [2.05, 4.69) is 6.92 Å². The van der Waals surface area contributed by atoms with Crippen molar-refractivity contribution in [1.29, 1.82) is 0 Å². The predicted molar refractivity (Wildman–Crippen MR) is 63.6 cm³/mol. The summed E-state index contributed by atoms with van der Waals surface area (Å²) in [5.74, 6) is 0.213. The van der Waals surface area contributed by atoms with Crippen molar-refractivity contribution in [2.45, 2.75) is 76.1 Å². The largest absolute Gasteiger partial charge is 0.459 e. The van der Waals surface area contributed by atoms with E-state index >= 15 is 0 Å². The van der Waals surface area contributed by atoms with E-state index in [1.54, 1.807) is 0 Å². The average Bonchev–Trinajstić information content (AvgIpc) is 3.07. The number of fused-ring (bicyclic) bond motifs is 1. The highest BCUT2D eigenvalue weighted by Crippen LogP contribution is 2.43. The van der Waals surface area contributed by atoms with Gasteiger partial charge < -0.3 is 9.47 Å². The first-order valence-electron chi connectivity index (χ1n) is 7.05. The number of esters is 1. The second kappa shape index (κ2) is 4.27. The van der Waals surface area contributed by atoms with Crippen LogP contribution in [0.3, 0.4) is 0 Å². The Morgan fingerprint density at radius 2 is 1.94 bits per heavy atom. The van der Waals surface area contributed by atoms with Crippen molar-refractivity contribution in [2.24, 2.45) is 5.92 Å². The summed E-state index contributed by atoms with van der Waals surface area (Å²) in [5, 5.41) is 0. The predicted octanol–water partition coefficient (Wildman–Crippen LogP) is 2.82. The number of rotatable bonds is 2. The quantitative estimate of drug-likeness (QED) is 0.548. The van der Waals surface area contributed by atoms with E-state index in [0.29, 0.717) is 12.2 Å². The number of epoxide rings is 1. The summed E-state index contributed by atoms with van der Waals surface area (Å²) in [6.07, 6.45) is 9.45. The summed E-state index contributed by atoms with van der Waals surface area (Å²) < 4.78 is 11.3. The topological polar surface area (TPSA) is 38.8 Å². The van der Waals surface area contributed by atoms with Crippen LogP contribution in [-0.4, -0.2) is 23.8 Å². The van der Waals surface area contributed by atoms with Crippen LogP contribution < -0.4 is 0 Å². The second-order valence-corrected chi connectivity index (χ2v) is 6.16. The van der Waals surface area contributed by atoms with Crippen molar-refractivity contribution < 1.29 is 14.3 Å². The van der Waals surface area contributed by atoms with Gasteiger partial charge in [0, 0.05) is 6.42 Å². The lowest BCUT2D eigenvalue weighted by Crippen LogP contribution is -2.39. The number of ether oxygens (including phenoxy) is 2. The van der Waals surface area contributed by atoms with Crippen LogP contribution in [0.1, 0.15) is 58.3 Å². The molecule has 0 bridgehead atoms. The molecular formula is C14H22O3. The minimum absolute atomic E-state index is 0.0475. The molecule has 0 aromatic rings. The van der Waals surface area contributed by atoms with Crippen LogP contribution in [0.15, 0.2) is 0 Å². The molecule has 3 atom stereocenters. The van der Waals surface area contributed by atoms with Gasteiger partial charge in [-0.2, -0.15) is 0 Å². The molecule has 0 spiro atoms. The average molecular weight is 238 g/mol. The fraction of sp³-hybridized carbons (Fsp3) is 0.929. The standard InChI is InChI=1S/C14H22O3/c1-14(8-7-11-12(9-14)16-11)17-13(15)10-5-3-2-4-6-10/h10-12H,2-9H2,1H3. The molecule has 1 heterocycles. The lowest BCUT2D eigenvalue weighted by atomic mass is 9.85. The Morgan fingerprint density at radius 1 is 1.18 bits per heavy atom. The second-order valence-electron chi connectivity index (χ2n) is 6.16. The van der Waals surface area contributed by atoms with Gasteiger partial charge in [0.25, 0.3) is 0 Å². The monoisotopic (exact) mass is 238 g/mol. The number of carbonyl (C=O) groups is 1. The molecule has 3 unspecified atom stereocenters. The molecule has 0 aromatic carbocycles. The molecule has 3 aliphatic rings. The van der Waals surface area contributed by atoms with Gasteiger partial charge in [0.05, 0.1) is 18.1 Å². The first-order chi connectivity index (χ1) is 8.16.